The largest absolute Gasteiger partial charge is 0.309 e. The number of benzene rings is 6. The van der Waals surface area contributed by atoms with Gasteiger partial charge >= 0.3 is 0 Å². The molecule has 0 unspecified atom stereocenters. The summed E-state index contributed by atoms with van der Waals surface area (Å²) >= 11 is 0. The first-order valence-electron chi connectivity index (χ1n) is 14.3. The number of hydrogen-bond acceptors (Lipinski definition) is 1. The zero-order valence-electron chi connectivity index (χ0n) is 22.5. The molecular weight excluding hydrogens is 514 g/mol. The highest BCUT2D eigenvalue weighted by Gasteiger charge is 2.24. The Balaban J connectivity index is 1.49. The van der Waals surface area contributed by atoms with Crippen molar-refractivity contribution in [2.24, 2.45) is 0 Å². The third kappa shape index (κ3) is 2.65. The highest BCUT2D eigenvalue weighted by molar-refractivity contribution is 6.25. The molecule has 42 heavy (non-hydrogen) atoms. The predicted octanol–water partition coefficient (Wildman–Crippen LogP) is 8.96. The standard InChI is InChI=1S/C37H23N5/c1-2-12-24(13-3-1)39-29-17-7-5-15-27(29)35-34(39)23-22-26-25-14-4-8-18-30(25)41(36(26)35)42-33-21-11-10-20-32(33)40-31-19-9-6-16-28(31)38-37(40)42/h1-23H. The molecule has 0 bridgehead atoms. The highest BCUT2D eigenvalue weighted by Crippen LogP contribution is 2.41. The van der Waals surface area contributed by atoms with Crippen LogP contribution in [-0.4, -0.2) is 23.3 Å². The number of fused-ring (bicyclic) bond motifs is 12. The van der Waals surface area contributed by atoms with Gasteiger partial charge in [-0.05, 0) is 60.7 Å². The van der Waals surface area contributed by atoms with Gasteiger partial charge in [0.05, 0.1) is 44.1 Å². The van der Waals surface area contributed by atoms with Gasteiger partial charge in [-0.3, -0.25) is 4.40 Å². The van der Waals surface area contributed by atoms with Gasteiger partial charge in [0, 0.05) is 27.2 Å². The highest BCUT2D eigenvalue weighted by atomic mass is 15.5. The summed E-state index contributed by atoms with van der Waals surface area (Å²) in [4.78, 5) is 5.22. The zero-order chi connectivity index (χ0) is 27.4. The summed E-state index contributed by atoms with van der Waals surface area (Å²) in [6.07, 6.45) is 0. The van der Waals surface area contributed by atoms with E-state index in [4.69, 9.17) is 4.98 Å². The van der Waals surface area contributed by atoms with Gasteiger partial charge in [0.2, 0.25) is 5.78 Å². The monoisotopic (exact) mass is 537 g/mol. The Bertz CT molecular complexity index is 2680. The first-order valence-corrected chi connectivity index (χ1v) is 14.3. The molecule has 0 spiro atoms. The van der Waals surface area contributed by atoms with Crippen molar-refractivity contribution in [3.05, 3.63) is 140 Å². The van der Waals surface area contributed by atoms with E-state index in [1.165, 1.54) is 38.1 Å². The van der Waals surface area contributed by atoms with E-state index in [0.29, 0.717) is 0 Å². The quantitative estimate of drug-likeness (QED) is 0.217. The van der Waals surface area contributed by atoms with Crippen LogP contribution in [0.2, 0.25) is 0 Å². The van der Waals surface area contributed by atoms with Crippen molar-refractivity contribution in [1.29, 1.82) is 0 Å². The summed E-state index contributed by atoms with van der Waals surface area (Å²) in [5.74, 6) is 0.892. The van der Waals surface area contributed by atoms with Crippen LogP contribution in [0, 0.1) is 0 Å². The lowest BCUT2D eigenvalue weighted by molar-refractivity contribution is 0.760. The van der Waals surface area contributed by atoms with E-state index in [2.05, 4.69) is 158 Å². The van der Waals surface area contributed by atoms with Crippen LogP contribution in [0.3, 0.4) is 0 Å². The lowest BCUT2D eigenvalue weighted by Gasteiger charge is -2.12. The third-order valence-corrected chi connectivity index (χ3v) is 8.74. The normalized spacial score (nSPS) is 12.3. The number of imidazole rings is 2. The molecule has 0 aliphatic heterocycles. The molecule has 0 radical (unpaired) electrons. The smallest absolute Gasteiger partial charge is 0.235 e. The van der Waals surface area contributed by atoms with Gasteiger partial charge in [-0.25, -0.2) is 14.3 Å². The van der Waals surface area contributed by atoms with Crippen LogP contribution in [0.1, 0.15) is 0 Å². The van der Waals surface area contributed by atoms with E-state index in [1.54, 1.807) is 0 Å². The molecular formula is C37H23N5. The van der Waals surface area contributed by atoms with Crippen molar-refractivity contribution in [1.82, 2.24) is 23.3 Å². The maximum absolute atomic E-state index is 5.22. The Morgan fingerprint density at radius 2 is 1.05 bits per heavy atom. The lowest BCUT2D eigenvalue weighted by Crippen LogP contribution is -2.09. The summed E-state index contributed by atoms with van der Waals surface area (Å²) < 4.78 is 9.39. The summed E-state index contributed by atoms with van der Waals surface area (Å²) in [5, 5.41) is 4.90. The summed E-state index contributed by atoms with van der Waals surface area (Å²) in [5.41, 5.74) is 10.2. The Labute approximate surface area is 239 Å². The first-order chi connectivity index (χ1) is 20.9. The molecule has 10 rings (SSSR count). The molecule has 5 nitrogen and oxygen atoms in total. The summed E-state index contributed by atoms with van der Waals surface area (Å²) in [7, 11) is 0. The molecule has 10 aromatic rings. The van der Waals surface area contributed by atoms with Crippen LogP contribution in [-0.2, 0) is 0 Å². The fourth-order valence-corrected chi connectivity index (χ4v) is 7.08. The van der Waals surface area contributed by atoms with Crippen molar-refractivity contribution < 1.29 is 0 Å². The molecule has 0 aliphatic rings. The van der Waals surface area contributed by atoms with Crippen LogP contribution in [0.25, 0.3) is 77.1 Å². The third-order valence-electron chi connectivity index (χ3n) is 8.74. The number of rotatable bonds is 2. The molecule has 6 aromatic carbocycles. The van der Waals surface area contributed by atoms with E-state index < -0.39 is 0 Å². The molecule has 0 atom stereocenters. The van der Waals surface area contributed by atoms with Gasteiger partial charge in [0.15, 0.2) is 0 Å². The summed E-state index contributed by atoms with van der Waals surface area (Å²) in [6, 6.07) is 49.8. The molecule has 0 saturated heterocycles. The fraction of sp³-hybridized carbons (Fsp3) is 0. The van der Waals surface area contributed by atoms with E-state index in [-0.39, 0.29) is 0 Å². The average molecular weight is 538 g/mol. The molecule has 196 valence electrons. The van der Waals surface area contributed by atoms with Gasteiger partial charge in [-0.15, -0.1) is 0 Å². The van der Waals surface area contributed by atoms with Crippen LogP contribution in [0.5, 0.6) is 0 Å². The van der Waals surface area contributed by atoms with Crippen molar-refractivity contribution in [3.63, 3.8) is 0 Å². The van der Waals surface area contributed by atoms with Crippen molar-refractivity contribution in [2.75, 3.05) is 0 Å². The number of nitrogens with zero attached hydrogens (tertiary/aromatic N) is 5. The molecule has 0 aliphatic carbocycles. The Kier molecular flexibility index (Phi) is 4.12. The van der Waals surface area contributed by atoms with Crippen LogP contribution in [0.15, 0.2) is 140 Å². The maximum Gasteiger partial charge on any atom is 0.235 e. The second-order valence-electron chi connectivity index (χ2n) is 10.9. The number of hydrogen-bond donors (Lipinski definition) is 0. The molecule has 4 aromatic heterocycles. The molecule has 0 saturated carbocycles. The van der Waals surface area contributed by atoms with E-state index in [9.17, 15) is 0 Å². The van der Waals surface area contributed by atoms with Gasteiger partial charge in [-0.1, -0.05) is 78.9 Å². The second-order valence-corrected chi connectivity index (χ2v) is 10.9. The van der Waals surface area contributed by atoms with Crippen LogP contribution < -0.4 is 0 Å². The molecule has 0 amide bonds. The van der Waals surface area contributed by atoms with Crippen molar-refractivity contribution in [3.8, 4) is 5.69 Å². The second kappa shape index (κ2) is 7.89. The number of para-hydroxylation sites is 7. The van der Waals surface area contributed by atoms with E-state index in [0.717, 1.165) is 39.0 Å². The van der Waals surface area contributed by atoms with Gasteiger partial charge in [0.1, 0.15) is 0 Å². The topological polar surface area (TPSA) is 32.1 Å². The Hall–Kier alpha value is -5.81. The SMILES string of the molecule is c1ccc(-n2c3ccccc3c3c2ccc2c4ccccc4n(-n4c5ccccc5n5c6ccccc6nc45)c23)cc1. The minimum atomic E-state index is 0.892. The Morgan fingerprint density at radius 1 is 0.405 bits per heavy atom. The molecule has 5 heteroatoms. The minimum absolute atomic E-state index is 0.892. The van der Waals surface area contributed by atoms with Crippen LogP contribution in [0.4, 0.5) is 0 Å². The average Bonchev–Trinajstić information content (AvgIpc) is 3.77. The lowest BCUT2D eigenvalue weighted by atomic mass is 10.1. The molecule has 0 fully saturated rings. The van der Waals surface area contributed by atoms with Gasteiger partial charge in [0.25, 0.3) is 0 Å². The minimum Gasteiger partial charge on any atom is -0.309 e. The maximum atomic E-state index is 5.22. The zero-order valence-corrected chi connectivity index (χ0v) is 22.5. The van der Waals surface area contributed by atoms with Crippen molar-refractivity contribution in [2.45, 2.75) is 0 Å². The first kappa shape index (κ1) is 21.9. The predicted molar refractivity (Wildman–Crippen MR) is 173 cm³/mol. The number of aromatic nitrogens is 5. The van der Waals surface area contributed by atoms with Crippen LogP contribution >= 0.6 is 0 Å². The Morgan fingerprint density at radius 3 is 1.88 bits per heavy atom. The van der Waals surface area contributed by atoms with E-state index in [1.807, 2.05) is 0 Å². The van der Waals surface area contributed by atoms with E-state index >= 15 is 0 Å². The van der Waals surface area contributed by atoms with Gasteiger partial charge < -0.3 is 4.57 Å². The van der Waals surface area contributed by atoms with Crippen molar-refractivity contribution >= 4 is 71.5 Å². The molecule has 0 N–H and O–H groups in total. The van der Waals surface area contributed by atoms with Gasteiger partial charge in [-0.2, -0.15) is 0 Å². The molecule has 4 heterocycles. The fourth-order valence-electron chi connectivity index (χ4n) is 7.08. The summed E-state index contributed by atoms with van der Waals surface area (Å²) in [6.45, 7) is 0.